The van der Waals surface area contributed by atoms with Crippen LogP contribution in [0.25, 0.3) is 12.2 Å². The topological polar surface area (TPSA) is 93.1 Å². The zero-order valence-corrected chi connectivity index (χ0v) is 19.5. The second-order valence-corrected chi connectivity index (χ2v) is 10.1. The second kappa shape index (κ2) is 10.1. The fourth-order valence-corrected chi connectivity index (χ4v) is 4.42. The van der Waals surface area contributed by atoms with Crippen LogP contribution in [-0.2, 0) is 34.3 Å². The number of carbonyl (C=O) groups is 1. The molecule has 4 rings (SSSR count). The van der Waals surface area contributed by atoms with Crippen molar-refractivity contribution in [2.75, 3.05) is 13.0 Å². The highest BCUT2D eigenvalue weighted by Gasteiger charge is 2.18. The summed E-state index contributed by atoms with van der Waals surface area (Å²) in [5.41, 5.74) is 4.20. The van der Waals surface area contributed by atoms with Gasteiger partial charge >= 0.3 is 5.97 Å². The van der Waals surface area contributed by atoms with Crippen molar-refractivity contribution in [3.05, 3.63) is 94.5 Å². The van der Waals surface area contributed by atoms with E-state index in [1.54, 1.807) is 24.3 Å². The summed E-state index contributed by atoms with van der Waals surface area (Å²) in [5.74, 6) is 0.544. The van der Waals surface area contributed by atoms with Crippen LogP contribution >= 0.6 is 0 Å². The number of ether oxygens (including phenoxy) is 2. The summed E-state index contributed by atoms with van der Waals surface area (Å²) in [7, 11) is -3.48. The first kappa shape index (κ1) is 23.5. The molecule has 34 heavy (non-hydrogen) atoms. The highest BCUT2D eigenvalue weighted by Crippen LogP contribution is 2.33. The minimum atomic E-state index is -3.48. The number of carboxylic acid groups (broad SMARTS) is 1. The van der Waals surface area contributed by atoms with Crippen LogP contribution in [0.3, 0.4) is 0 Å². The van der Waals surface area contributed by atoms with Gasteiger partial charge in [0.25, 0.3) is 0 Å². The van der Waals surface area contributed by atoms with E-state index in [1.807, 2.05) is 54.6 Å². The predicted octanol–water partition coefficient (Wildman–Crippen LogP) is 4.17. The number of rotatable bonds is 9. The van der Waals surface area contributed by atoms with E-state index < -0.39 is 16.0 Å². The van der Waals surface area contributed by atoms with Crippen LogP contribution in [0, 0.1) is 0 Å². The molecule has 0 saturated heterocycles. The first-order chi connectivity index (χ1) is 16.3. The summed E-state index contributed by atoms with van der Waals surface area (Å²) in [6, 6.07) is 20.4. The number of hydrogen-bond donors (Lipinski definition) is 1. The van der Waals surface area contributed by atoms with Crippen LogP contribution in [-0.4, -0.2) is 36.8 Å². The van der Waals surface area contributed by atoms with Crippen molar-refractivity contribution in [3.8, 4) is 11.5 Å². The molecule has 1 aliphatic heterocycles. The normalized spacial score (nSPS) is 13.0. The van der Waals surface area contributed by atoms with Crippen molar-refractivity contribution in [1.29, 1.82) is 0 Å². The fourth-order valence-electron chi connectivity index (χ4n) is 3.65. The van der Waals surface area contributed by atoms with Gasteiger partial charge in [-0.15, -0.1) is 0 Å². The van der Waals surface area contributed by atoms with Gasteiger partial charge in [-0.2, -0.15) is 4.31 Å². The lowest BCUT2D eigenvalue weighted by Crippen LogP contribution is -2.29. The van der Waals surface area contributed by atoms with E-state index in [0.717, 1.165) is 33.8 Å². The predicted molar refractivity (Wildman–Crippen MR) is 130 cm³/mol. The molecule has 0 amide bonds. The van der Waals surface area contributed by atoms with Gasteiger partial charge in [0.1, 0.15) is 0 Å². The molecule has 0 radical (unpaired) electrons. The lowest BCUT2D eigenvalue weighted by Gasteiger charge is -2.20. The number of carboxylic acids is 1. The first-order valence-electron chi connectivity index (χ1n) is 10.7. The first-order valence-corrected chi connectivity index (χ1v) is 12.5. The molecule has 8 heteroatoms. The number of benzene rings is 3. The van der Waals surface area contributed by atoms with E-state index in [-0.39, 0.29) is 26.3 Å². The van der Waals surface area contributed by atoms with Crippen LogP contribution < -0.4 is 9.47 Å². The van der Waals surface area contributed by atoms with Crippen LogP contribution in [0.2, 0.25) is 0 Å². The maximum atomic E-state index is 12.4. The molecule has 176 valence electrons. The molecular weight excluding hydrogens is 454 g/mol. The van der Waals surface area contributed by atoms with Gasteiger partial charge in [0, 0.05) is 13.1 Å². The molecule has 0 aliphatic carbocycles. The Hall–Kier alpha value is -3.62. The molecule has 0 aromatic heterocycles. The van der Waals surface area contributed by atoms with E-state index >= 15 is 0 Å². The lowest BCUT2D eigenvalue weighted by molar-refractivity contribution is -0.136. The van der Waals surface area contributed by atoms with Crippen molar-refractivity contribution in [2.24, 2.45) is 0 Å². The highest BCUT2D eigenvalue weighted by molar-refractivity contribution is 7.88. The fraction of sp³-hybridized carbons (Fsp3) is 0.192. The van der Waals surface area contributed by atoms with Gasteiger partial charge in [-0.3, -0.25) is 4.79 Å². The molecule has 0 saturated carbocycles. The number of nitrogens with zero attached hydrogens (tertiary/aromatic N) is 1. The van der Waals surface area contributed by atoms with Gasteiger partial charge in [0.05, 0.1) is 12.7 Å². The van der Waals surface area contributed by atoms with Crippen LogP contribution in [0.5, 0.6) is 11.5 Å². The second-order valence-electron chi connectivity index (χ2n) is 8.11. The average molecular weight is 480 g/mol. The molecule has 0 spiro atoms. The van der Waals surface area contributed by atoms with Crippen LogP contribution in [0.1, 0.15) is 27.8 Å². The molecule has 0 atom stereocenters. The minimum Gasteiger partial charge on any atom is -0.481 e. The Morgan fingerprint density at radius 2 is 1.53 bits per heavy atom. The number of sulfonamides is 1. The summed E-state index contributed by atoms with van der Waals surface area (Å²) in [6.07, 6.45) is 5.03. The van der Waals surface area contributed by atoms with Crippen LogP contribution in [0.15, 0.2) is 66.7 Å². The van der Waals surface area contributed by atoms with E-state index in [2.05, 4.69) is 0 Å². The Morgan fingerprint density at radius 3 is 2.26 bits per heavy atom. The van der Waals surface area contributed by atoms with Crippen molar-refractivity contribution in [3.63, 3.8) is 0 Å². The van der Waals surface area contributed by atoms with E-state index in [0.29, 0.717) is 5.56 Å². The quantitative estimate of drug-likeness (QED) is 0.463. The molecular formula is C26H25NO6S. The molecule has 3 aromatic rings. The SMILES string of the molecule is CS(=O)(=O)N(Cc1ccc(C=Cc2ccc3c(c2)OCO3)cc1)Cc1cccc(CC(=O)O)c1. The van der Waals surface area contributed by atoms with Crippen molar-refractivity contribution in [1.82, 2.24) is 4.31 Å². The molecule has 0 unspecified atom stereocenters. The van der Waals surface area contributed by atoms with Crippen molar-refractivity contribution in [2.45, 2.75) is 19.5 Å². The number of aliphatic carboxylic acids is 1. The maximum absolute atomic E-state index is 12.4. The Balaban J connectivity index is 1.44. The summed E-state index contributed by atoms with van der Waals surface area (Å²) < 4.78 is 36.9. The molecule has 1 aliphatic rings. The van der Waals surface area contributed by atoms with E-state index in [1.165, 1.54) is 10.6 Å². The minimum absolute atomic E-state index is 0.103. The van der Waals surface area contributed by atoms with Crippen molar-refractivity contribution >= 4 is 28.1 Å². The molecule has 0 bridgehead atoms. The molecule has 1 heterocycles. The zero-order chi connectivity index (χ0) is 24.1. The van der Waals surface area contributed by atoms with Gasteiger partial charge in [0.15, 0.2) is 11.5 Å². The van der Waals surface area contributed by atoms with Gasteiger partial charge in [-0.1, -0.05) is 66.7 Å². The van der Waals surface area contributed by atoms with Gasteiger partial charge in [-0.25, -0.2) is 8.42 Å². The Bertz CT molecular complexity index is 1320. The molecule has 1 N–H and O–H groups in total. The van der Waals surface area contributed by atoms with E-state index in [4.69, 9.17) is 14.6 Å². The maximum Gasteiger partial charge on any atom is 0.307 e. The smallest absolute Gasteiger partial charge is 0.307 e. The largest absolute Gasteiger partial charge is 0.481 e. The Kier molecular flexibility index (Phi) is 7.00. The van der Waals surface area contributed by atoms with Crippen molar-refractivity contribution < 1.29 is 27.8 Å². The third kappa shape index (κ3) is 6.24. The van der Waals surface area contributed by atoms with E-state index in [9.17, 15) is 13.2 Å². The number of fused-ring (bicyclic) bond motifs is 1. The molecule has 7 nitrogen and oxygen atoms in total. The summed E-state index contributed by atoms with van der Waals surface area (Å²) in [4.78, 5) is 11.0. The zero-order valence-electron chi connectivity index (χ0n) is 18.7. The van der Waals surface area contributed by atoms with Crippen LogP contribution in [0.4, 0.5) is 0 Å². The summed E-state index contributed by atoms with van der Waals surface area (Å²) >= 11 is 0. The summed E-state index contributed by atoms with van der Waals surface area (Å²) in [5, 5.41) is 9.00. The highest BCUT2D eigenvalue weighted by atomic mass is 32.2. The van der Waals surface area contributed by atoms with Gasteiger partial charge < -0.3 is 14.6 Å². The third-order valence-electron chi connectivity index (χ3n) is 5.38. The third-order valence-corrected chi connectivity index (χ3v) is 6.57. The Morgan fingerprint density at radius 1 is 0.882 bits per heavy atom. The standard InChI is InChI=1S/C26H25NO6S/c1-34(30,31)27(17-23-4-2-3-22(13-23)15-26(28)29)16-21-9-6-19(7-10-21)5-8-20-11-12-24-25(14-20)33-18-32-24/h2-14H,15-18H2,1H3,(H,28,29). The number of hydrogen-bond acceptors (Lipinski definition) is 5. The average Bonchev–Trinajstić information content (AvgIpc) is 3.25. The monoisotopic (exact) mass is 479 g/mol. The Labute approximate surface area is 198 Å². The molecule has 0 fully saturated rings. The molecule has 3 aromatic carbocycles. The van der Waals surface area contributed by atoms with Gasteiger partial charge in [0.2, 0.25) is 16.8 Å². The van der Waals surface area contributed by atoms with Gasteiger partial charge in [-0.05, 0) is 39.9 Å². The lowest BCUT2D eigenvalue weighted by atomic mass is 10.1. The summed E-state index contributed by atoms with van der Waals surface area (Å²) in [6.45, 7) is 0.619.